The van der Waals surface area contributed by atoms with Gasteiger partial charge in [0.2, 0.25) is 0 Å². The fourth-order valence-corrected chi connectivity index (χ4v) is 4.31. The first-order valence-corrected chi connectivity index (χ1v) is 9.61. The molecule has 0 spiro atoms. The van der Waals surface area contributed by atoms with E-state index < -0.39 is 0 Å². The van der Waals surface area contributed by atoms with E-state index in [1.54, 1.807) is 0 Å². The van der Waals surface area contributed by atoms with Crippen molar-refractivity contribution in [3.63, 3.8) is 0 Å². The lowest BCUT2D eigenvalue weighted by Gasteiger charge is -2.25. The van der Waals surface area contributed by atoms with E-state index in [1.807, 2.05) is 0 Å². The van der Waals surface area contributed by atoms with E-state index >= 15 is 0 Å². The zero-order chi connectivity index (χ0) is 17.8. The molecule has 0 radical (unpaired) electrons. The van der Waals surface area contributed by atoms with Gasteiger partial charge in [0.05, 0.1) is 12.4 Å². The molecule has 0 atom stereocenters. The molecule has 1 aromatic carbocycles. The standard InChI is InChI=1S/C22H24N2O2/c25-22(26-17-13-23-15-24-14-17)21-12-6-11-20(21)19-10-5-4-9-18(19)16-7-2-1-3-8-16/h4-5,9-10,13-16H,1-3,6-8,11-12H2. The van der Waals surface area contributed by atoms with E-state index in [0.717, 1.165) is 24.8 Å². The van der Waals surface area contributed by atoms with Gasteiger partial charge in [-0.2, -0.15) is 0 Å². The van der Waals surface area contributed by atoms with Crippen molar-refractivity contribution in [2.24, 2.45) is 0 Å². The summed E-state index contributed by atoms with van der Waals surface area (Å²) >= 11 is 0. The van der Waals surface area contributed by atoms with E-state index in [2.05, 4.69) is 34.2 Å². The molecule has 1 heterocycles. The summed E-state index contributed by atoms with van der Waals surface area (Å²) in [6, 6.07) is 8.65. The molecule has 4 nitrogen and oxygen atoms in total. The number of hydrogen-bond donors (Lipinski definition) is 0. The Morgan fingerprint density at radius 3 is 2.54 bits per heavy atom. The summed E-state index contributed by atoms with van der Waals surface area (Å²) in [5.41, 5.74) is 4.66. The van der Waals surface area contributed by atoms with Crippen molar-refractivity contribution in [3.05, 3.63) is 59.7 Å². The maximum absolute atomic E-state index is 12.8. The van der Waals surface area contributed by atoms with Crippen LogP contribution in [0, 0.1) is 0 Å². The number of carbonyl (C=O) groups is 1. The normalized spacial score (nSPS) is 18.2. The van der Waals surface area contributed by atoms with Crippen molar-refractivity contribution in [3.8, 4) is 5.75 Å². The van der Waals surface area contributed by atoms with Crippen LogP contribution in [0.3, 0.4) is 0 Å². The summed E-state index contributed by atoms with van der Waals surface area (Å²) in [4.78, 5) is 20.6. The highest BCUT2D eigenvalue weighted by Gasteiger charge is 2.27. The smallest absolute Gasteiger partial charge is 0.339 e. The van der Waals surface area contributed by atoms with Crippen LogP contribution in [0.15, 0.2) is 48.6 Å². The average Bonchev–Trinajstić information content (AvgIpc) is 3.19. The van der Waals surface area contributed by atoms with Gasteiger partial charge in [-0.1, -0.05) is 43.5 Å². The Balaban J connectivity index is 1.65. The molecule has 1 saturated carbocycles. The summed E-state index contributed by atoms with van der Waals surface area (Å²) in [6.07, 6.45) is 13.7. The van der Waals surface area contributed by atoms with Crippen LogP contribution in [0.4, 0.5) is 0 Å². The lowest BCUT2D eigenvalue weighted by molar-refractivity contribution is -0.130. The molecule has 0 bridgehead atoms. The fraction of sp³-hybridized carbons (Fsp3) is 0.409. The minimum absolute atomic E-state index is 0.259. The second-order valence-electron chi connectivity index (χ2n) is 7.20. The van der Waals surface area contributed by atoms with Crippen molar-refractivity contribution in [2.75, 3.05) is 0 Å². The summed E-state index contributed by atoms with van der Waals surface area (Å²) in [6.45, 7) is 0. The van der Waals surface area contributed by atoms with Gasteiger partial charge in [0.25, 0.3) is 0 Å². The number of benzene rings is 1. The van der Waals surface area contributed by atoms with E-state index in [1.165, 1.54) is 67.5 Å². The molecule has 0 unspecified atom stereocenters. The van der Waals surface area contributed by atoms with Crippen LogP contribution in [0.1, 0.15) is 68.4 Å². The minimum atomic E-state index is -0.259. The number of allylic oxidation sites excluding steroid dienone is 1. The summed E-state index contributed by atoms with van der Waals surface area (Å²) < 4.78 is 5.51. The zero-order valence-electron chi connectivity index (χ0n) is 15.0. The van der Waals surface area contributed by atoms with Gasteiger partial charge in [0.15, 0.2) is 5.75 Å². The predicted octanol–water partition coefficient (Wildman–Crippen LogP) is 5.07. The lowest BCUT2D eigenvalue weighted by Crippen LogP contribution is -2.12. The molecule has 0 N–H and O–H groups in total. The molecule has 1 aromatic heterocycles. The zero-order valence-corrected chi connectivity index (χ0v) is 15.0. The van der Waals surface area contributed by atoms with Gasteiger partial charge < -0.3 is 4.74 Å². The van der Waals surface area contributed by atoms with Crippen LogP contribution >= 0.6 is 0 Å². The molecule has 2 aliphatic rings. The summed E-state index contributed by atoms with van der Waals surface area (Å²) in [5.74, 6) is 0.760. The van der Waals surface area contributed by atoms with Crippen LogP contribution in [0.2, 0.25) is 0 Å². The van der Waals surface area contributed by atoms with Gasteiger partial charge in [0, 0.05) is 5.57 Å². The maximum atomic E-state index is 12.8. The number of rotatable bonds is 4. The van der Waals surface area contributed by atoms with E-state index in [9.17, 15) is 4.79 Å². The van der Waals surface area contributed by atoms with Crippen LogP contribution in [-0.2, 0) is 4.79 Å². The third-order valence-electron chi connectivity index (χ3n) is 5.54. The Hall–Kier alpha value is -2.49. The highest BCUT2D eigenvalue weighted by Crippen LogP contribution is 2.41. The van der Waals surface area contributed by atoms with Crippen LogP contribution in [0.25, 0.3) is 5.57 Å². The minimum Gasteiger partial charge on any atom is -0.420 e. The number of hydrogen-bond acceptors (Lipinski definition) is 4. The first-order valence-electron chi connectivity index (χ1n) is 9.61. The Kier molecular flexibility index (Phi) is 5.09. The second kappa shape index (κ2) is 7.81. The maximum Gasteiger partial charge on any atom is 0.339 e. The summed E-state index contributed by atoms with van der Waals surface area (Å²) in [5, 5.41) is 0. The van der Waals surface area contributed by atoms with Gasteiger partial charge in [0.1, 0.15) is 6.33 Å². The topological polar surface area (TPSA) is 52.1 Å². The Morgan fingerprint density at radius 2 is 1.73 bits per heavy atom. The number of aromatic nitrogens is 2. The highest BCUT2D eigenvalue weighted by molar-refractivity contribution is 6.00. The third kappa shape index (κ3) is 3.55. The van der Waals surface area contributed by atoms with E-state index in [4.69, 9.17) is 4.74 Å². The first-order chi connectivity index (χ1) is 12.8. The lowest BCUT2D eigenvalue weighted by atomic mass is 9.80. The highest BCUT2D eigenvalue weighted by atomic mass is 16.5. The molecule has 134 valence electrons. The van der Waals surface area contributed by atoms with E-state index in [-0.39, 0.29) is 5.97 Å². The largest absolute Gasteiger partial charge is 0.420 e. The van der Waals surface area contributed by atoms with Crippen molar-refractivity contribution < 1.29 is 9.53 Å². The number of esters is 1. The summed E-state index contributed by atoms with van der Waals surface area (Å²) in [7, 11) is 0. The molecule has 26 heavy (non-hydrogen) atoms. The van der Waals surface area contributed by atoms with Crippen LogP contribution in [-0.4, -0.2) is 15.9 Å². The number of ether oxygens (including phenoxy) is 1. The Bertz CT molecular complexity index is 808. The average molecular weight is 348 g/mol. The van der Waals surface area contributed by atoms with Crippen molar-refractivity contribution in [1.29, 1.82) is 0 Å². The molecule has 2 aromatic rings. The van der Waals surface area contributed by atoms with Gasteiger partial charge in [-0.3, -0.25) is 0 Å². The Labute approximate surface area is 154 Å². The molecular weight excluding hydrogens is 324 g/mol. The molecule has 0 aliphatic heterocycles. The molecule has 1 fully saturated rings. The molecular formula is C22H24N2O2. The predicted molar refractivity (Wildman–Crippen MR) is 101 cm³/mol. The fourth-order valence-electron chi connectivity index (χ4n) is 4.31. The van der Waals surface area contributed by atoms with E-state index in [0.29, 0.717) is 11.7 Å². The van der Waals surface area contributed by atoms with Gasteiger partial charge >= 0.3 is 5.97 Å². The quantitative estimate of drug-likeness (QED) is 0.724. The van der Waals surface area contributed by atoms with Crippen LogP contribution < -0.4 is 4.74 Å². The van der Waals surface area contributed by atoms with Gasteiger partial charge in [-0.05, 0) is 54.7 Å². The third-order valence-corrected chi connectivity index (χ3v) is 5.54. The van der Waals surface area contributed by atoms with Crippen molar-refractivity contribution in [1.82, 2.24) is 9.97 Å². The number of nitrogens with zero attached hydrogens (tertiary/aromatic N) is 2. The van der Waals surface area contributed by atoms with Crippen LogP contribution in [0.5, 0.6) is 5.75 Å². The monoisotopic (exact) mass is 348 g/mol. The number of carbonyl (C=O) groups excluding carboxylic acids is 1. The van der Waals surface area contributed by atoms with Gasteiger partial charge in [-0.25, -0.2) is 14.8 Å². The second-order valence-corrected chi connectivity index (χ2v) is 7.20. The van der Waals surface area contributed by atoms with Crippen molar-refractivity contribution >= 4 is 11.5 Å². The Morgan fingerprint density at radius 1 is 0.962 bits per heavy atom. The van der Waals surface area contributed by atoms with Crippen molar-refractivity contribution in [2.45, 2.75) is 57.3 Å². The molecule has 4 heteroatoms. The molecule has 0 amide bonds. The molecule has 0 saturated heterocycles. The molecule has 2 aliphatic carbocycles. The molecule has 4 rings (SSSR count). The first kappa shape index (κ1) is 17.0. The van der Waals surface area contributed by atoms with Gasteiger partial charge in [-0.15, -0.1) is 0 Å². The SMILES string of the molecule is O=C(Oc1cncnc1)C1=C(c2ccccc2C2CCCCC2)CCC1.